The maximum absolute atomic E-state index is 12.4. The van der Waals surface area contributed by atoms with Gasteiger partial charge in [-0.2, -0.15) is 0 Å². The number of methoxy groups -OCH3 is 1. The molecule has 0 atom stereocenters. The summed E-state index contributed by atoms with van der Waals surface area (Å²) in [6.07, 6.45) is 1.59. The van der Waals surface area contributed by atoms with Gasteiger partial charge in [-0.1, -0.05) is 17.7 Å². The van der Waals surface area contributed by atoms with Gasteiger partial charge < -0.3 is 14.5 Å². The minimum atomic E-state index is -0.454. The van der Waals surface area contributed by atoms with Gasteiger partial charge in [0.1, 0.15) is 23.0 Å². The number of halogens is 1. The number of nitrogens with zero attached hydrogens (tertiary/aromatic N) is 2. The zero-order chi connectivity index (χ0) is 22.8. The second-order valence-electron chi connectivity index (χ2n) is 6.76. The molecule has 10 heteroatoms. The van der Waals surface area contributed by atoms with Crippen molar-refractivity contribution in [1.82, 2.24) is 5.32 Å². The molecular weight excluding hydrogens is 454 g/mol. The lowest BCUT2D eigenvalue weighted by atomic mass is 10.1. The van der Waals surface area contributed by atoms with Crippen LogP contribution in [0.25, 0.3) is 17.4 Å². The van der Waals surface area contributed by atoms with Crippen molar-refractivity contribution in [1.29, 1.82) is 0 Å². The van der Waals surface area contributed by atoms with Crippen molar-refractivity contribution in [2.45, 2.75) is 6.92 Å². The van der Waals surface area contributed by atoms with Gasteiger partial charge in [-0.3, -0.25) is 14.9 Å². The lowest BCUT2D eigenvalue weighted by Crippen LogP contribution is -2.19. The number of nitrogens with one attached hydrogen (secondary N) is 1. The number of nitro benzene ring substituents is 1. The molecule has 1 aliphatic heterocycles. The molecule has 3 aromatic rings. The smallest absolute Gasteiger partial charge is 0.270 e. The number of nitro groups is 1. The molecule has 1 saturated heterocycles. The van der Waals surface area contributed by atoms with Gasteiger partial charge in [-0.25, -0.2) is 4.99 Å². The molecule has 1 amide bonds. The number of furan rings is 1. The van der Waals surface area contributed by atoms with Gasteiger partial charge in [0.15, 0.2) is 5.17 Å². The molecule has 1 aromatic heterocycles. The summed E-state index contributed by atoms with van der Waals surface area (Å²) < 4.78 is 11.1. The Labute approximate surface area is 192 Å². The molecule has 2 heterocycles. The van der Waals surface area contributed by atoms with Gasteiger partial charge in [0.25, 0.3) is 11.6 Å². The third-order valence-corrected chi connectivity index (χ3v) is 5.76. The van der Waals surface area contributed by atoms with E-state index < -0.39 is 4.92 Å². The van der Waals surface area contributed by atoms with Crippen molar-refractivity contribution in [3.63, 3.8) is 0 Å². The van der Waals surface area contributed by atoms with Crippen molar-refractivity contribution in [3.8, 4) is 17.1 Å². The molecule has 2 aromatic carbocycles. The number of aryl methyl sites for hydroxylation is 1. The number of hydrogen-bond acceptors (Lipinski definition) is 7. The van der Waals surface area contributed by atoms with E-state index in [2.05, 4.69) is 10.3 Å². The number of hydrogen-bond donors (Lipinski definition) is 1. The fourth-order valence-electron chi connectivity index (χ4n) is 3.03. The van der Waals surface area contributed by atoms with E-state index in [1.807, 2.05) is 6.92 Å². The minimum Gasteiger partial charge on any atom is -0.494 e. The normalized spacial score (nSPS) is 15.9. The molecule has 0 aliphatic carbocycles. The number of non-ortho nitro benzene ring substituents is 1. The van der Waals surface area contributed by atoms with E-state index in [0.29, 0.717) is 43.6 Å². The lowest BCUT2D eigenvalue weighted by Gasteiger charge is -2.04. The van der Waals surface area contributed by atoms with Crippen LogP contribution in [0.5, 0.6) is 5.75 Å². The van der Waals surface area contributed by atoms with Crippen LogP contribution < -0.4 is 10.1 Å². The van der Waals surface area contributed by atoms with E-state index in [0.717, 1.165) is 17.3 Å². The lowest BCUT2D eigenvalue weighted by molar-refractivity contribution is -0.384. The van der Waals surface area contributed by atoms with Gasteiger partial charge in [0, 0.05) is 28.8 Å². The summed E-state index contributed by atoms with van der Waals surface area (Å²) in [6.45, 7) is 1.84. The number of amides is 1. The van der Waals surface area contributed by atoms with E-state index in [-0.39, 0.29) is 11.6 Å². The van der Waals surface area contributed by atoms with Gasteiger partial charge in [-0.05, 0) is 54.6 Å². The van der Waals surface area contributed by atoms with Crippen LogP contribution in [0.2, 0.25) is 5.02 Å². The SMILES string of the molecule is COc1ccc(Cl)cc1N=C1NC(=O)/C(=C/c2ccc(-c3cc([N+](=O)[O-])ccc3C)o2)S1. The van der Waals surface area contributed by atoms with Crippen LogP contribution in [0.3, 0.4) is 0 Å². The molecule has 1 N–H and O–H groups in total. The van der Waals surface area contributed by atoms with Gasteiger partial charge in [0.2, 0.25) is 0 Å². The highest BCUT2D eigenvalue weighted by molar-refractivity contribution is 8.18. The topological polar surface area (TPSA) is 107 Å². The van der Waals surface area contributed by atoms with Crippen molar-refractivity contribution >= 4 is 51.9 Å². The third kappa shape index (κ3) is 4.53. The van der Waals surface area contributed by atoms with Crippen LogP contribution >= 0.6 is 23.4 Å². The first-order valence-electron chi connectivity index (χ1n) is 9.32. The Hall–Kier alpha value is -3.56. The molecule has 32 heavy (non-hydrogen) atoms. The van der Waals surface area contributed by atoms with E-state index in [9.17, 15) is 14.9 Å². The molecule has 0 unspecified atom stereocenters. The highest BCUT2D eigenvalue weighted by atomic mass is 35.5. The molecular formula is C22H16ClN3O5S. The highest BCUT2D eigenvalue weighted by Crippen LogP contribution is 2.35. The van der Waals surface area contributed by atoms with Crippen molar-refractivity contribution in [2.24, 2.45) is 4.99 Å². The predicted octanol–water partition coefficient (Wildman–Crippen LogP) is 5.72. The minimum absolute atomic E-state index is 0.0232. The van der Waals surface area contributed by atoms with Gasteiger partial charge in [0.05, 0.1) is 16.9 Å². The van der Waals surface area contributed by atoms with E-state index in [1.165, 1.54) is 19.2 Å². The number of ether oxygens (including phenoxy) is 1. The van der Waals surface area contributed by atoms with Gasteiger partial charge >= 0.3 is 0 Å². The molecule has 0 saturated carbocycles. The number of rotatable bonds is 5. The van der Waals surface area contributed by atoms with E-state index in [1.54, 1.807) is 42.5 Å². The highest BCUT2D eigenvalue weighted by Gasteiger charge is 2.25. The number of amidine groups is 1. The van der Waals surface area contributed by atoms with E-state index >= 15 is 0 Å². The zero-order valence-corrected chi connectivity index (χ0v) is 18.5. The standard InChI is InChI=1S/C22H16ClN3O5S/c1-12-3-5-14(26(28)29)10-16(12)18-8-6-15(31-18)11-20-21(27)25-22(32-20)24-17-9-13(23)4-7-19(17)30-2/h3-11H,1-2H3,(H,24,25,27)/b20-11-. The predicted molar refractivity (Wildman–Crippen MR) is 124 cm³/mol. The first-order valence-corrected chi connectivity index (χ1v) is 10.5. The Balaban J connectivity index is 1.59. The number of benzene rings is 2. The Bertz CT molecular complexity index is 1300. The molecule has 0 spiro atoms. The third-order valence-electron chi connectivity index (χ3n) is 4.61. The summed E-state index contributed by atoms with van der Waals surface area (Å²) in [5, 5.41) is 14.7. The summed E-state index contributed by atoms with van der Waals surface area (Å²) in [7, 11) is 1.52. The first kappa shape index (κ1) is 21.7. The number of carbonyl (C=O) groups is 1. The van der Waals surface area contributed by atoms with E-state index in [4.69, 9.17) is 20.8 Å². The van der Waals surface area contributed by atoms with Crippen molar-refractivity contribution in [3.05, 3.63) is 79.9 Å². The Morgan fingerprint density at radius 2 is 2.03 bits per heavy atom. The first-order chi connectivity index (χ1) is 15.3. The second kappa shape index (κ2) is 8.89. The molecule has 8 nitrogen and oxygen atoms in total. The quantitative estimate of drug-likeness (QED) is 0.291. The molecule has 0 bridgehead atoms. The zero-order valence-electron chi connectivity index (χ0n) is 16.9. The summed E-state index contributed by atoms with van der Waals surface area (Å²) in [6, 6.07) is 13.0. The van der Waals surface area contributed by atoms with Crippen LogP contribution in [0.15, 0.2) is 62.8 Å². The fraction of sp³-hybridized carbons (Fsp3) is 0.0909. The van der Waals surface area contributed by atoms with Crippen LogP contribution in [0, 0.1) is 17.0 Å². The Morgan fingerprint density at radius 1 is 1.22 bits per heavy atom. The van der Waals surface area contributed by atoms with Crippen LogP contribution in [-0.2, 0) is 4.79 Å². The molecule has 1 aliphatic rings. The summed E-state index contributed by atoms with van der Waals surface area (Å²) in [5.74, 6) is 1.11. The largest absolute Gasteiger partial charge is 0.494 e. The maximum Gasteiger partial charge on any atom is 0.270 e. The van der Waals surface area contributed by atoms with Crippen LogP contribution in [0.4, 0.5) is 11.4 Å². The fourth-order valence-corrected chi connectivity index (χ4v) is 4.01. The van der Waals surface area contributed by atoms with Crippen molar-refractivity contribution < 1.29 is 18.9 Å². The second-order valence-corrected chi connectivity index (χ2v) is 8.22. The van der Waals surface area contributed by atoms with Crippen LogP contribution in [-0.4, -0.2) is 23.1 Å². The number of thioether (sulfide) groups is 1. The average Bonchev–Trinajstić information content (AvgIpc) is 3.35. The Kier molecular flexibility index (Phi) is 6.02. The summed E-state index contributed by atoms with van der Waals surface area (Å²) in [4.78, 5) is 27.8. The number of aliphatic imine (C=N–C) groups is 1. The molecule has 4 rings (SSSR count). The molecule has 162 valence electrons. The maximum atomic E-state index is 12.4. The molecule has 0 radical (unpaired) electrons. The summed E-state index contributed by atoms with van der Waals surface area (Å²) in [5.41, 5.74) is 1.92. The monoisotopic (exact) mass is 469 g/mol. The average molecular weight is 470 g/mol. The number of carbonyl (C=O) groups excluding carboxylic acids is 1. The van der Waals surface area contributed by atoms with Gasteiger partial charge in [-0.15, -0.1) is 0 Å². The Morgan fingerprint density at radius 3 is 2.78 bits per heavy atom. The van der Waals surface area contributed by atoms with Crippen molar-refractivity contribution in [2.75, 3.05) is 7.11 Å². The molecule has 1 fully saturated rings. The summed E-state index contributed by atoms with van der Waals surface area (Å²) >= 11 is 7.19. The van der Waals surface area contributed by atoms with Crippen LogP contribution in [0.1, 0.15) is 11.3 Å².